The molecular weight excluding hydrogens is 300 g/mol. The molecule has 1 aromatic carbocycles. The molecule has 0 aliphatic heterocycles. The number of benzene rings is 1. The Morgan fingerprint density at radius 2 is 1.88 bits per heavy atom. The molecule has 6 heteroatoms. The Kier molecular flexibility index (Phi) is 4.76. The zero-order valence-corrected chi connectivity index (χ0v) is 14.6. The first-order chi connectivity index (χ1) is 11.6. The van der Waals surface area contributed by atoms with Crippen LogP contribution < -0.4 is 5.32 Å². The highest BCUT2D eigenvalue weighted by atomic mass is 15.3. The predicted octanol–water partition coefficient (Wildman–Crippen LogP) is 3.20. The van der Waals surface area contributed by atoms with E-state index >= 15 is 0 Å². The number of aryl methyl sites for hydroxylation is 1. The summed E-state index contributed by atoms with van der Waals surface area (Å²) in [4.78, 5) is 4.27. The van der Waals surface area contributed by atoms with E-state index in [2.05, 4.69) is 74.7 Å². The van der Waals surface area contributed by atoms with Crippen molar-refractivity contribution in [1.29, 1.82) is 0 Å². The third kappa shape index (κ3) is 3.38. The minimum atomic E-state index is 0.236. The van der Waals surface area contributed by atoms with E-state index in [1.165, 1.54) is 5.56 Å². The number of hydrogen-bond acceptors (Lipinski definition) is 4. The highest BCUT2D eigenvalue weighted by molar-refractivity contribution is 5.36. The molecule has 2 aromatic heterocycles. The number of hydrogen-bond donors (Lipinski definition) is 1. The molecule has 3 rings (SSSR count). The maximum atomic E-state index is 4.27. The van der Waals surface area contributed by atoms with Gasteiger partial charge >= 0.3 is 0 Å². The zero-order valence-electron chi connectivity index (χ0n) is 14.6. The number of rotatable bonds is 6. The van der Waals surface area contributed by atoms with Crippen molar-refractivity contribution in [3.8, 4) is 5.69 Å². The van der Waals surface area contributed by atoms with Crippen molar-refractivity contribution in [2.24, 2.45) is 0 Å². The highest BCUT2D eigenvalue weighted by Gasteiger charge is 2.10. The predicted molar refractivity (Wildman–Crippen MR) is 94.0 cm³/mol. The fourth-order valence-corrected chi connectivity index (χ4v) is 2.76. The van der Waals surface area contributed by atoms with Crippen LogP contribution in [-0.2, 0) is 6.54 Å². The molecule has 24 heavy (non-hydrogen) atoms. The normalized spacial score (nSPS) is 12.7. The Bertz CT molecular complexity index is 784. The quantitative estimate of drug-likeness (QED) is 0.756. The third-order valence-electron chi connectivity index (χ3n) is 4.27. The summed E-state index contributed by atoms with van der Waals surface area (Å²) in [6, 6.07) is 9.15. The molecule has 1 atom stereocenters. The molecule has 3 aromatic rings. The van der Waals surface area contributed by atoms with Crippen LogP contribution in [-0.4, -0.2) is 24.3 Å². The summed E-state index contributed by atoms with van der Waals surface area (Å²) in [6.07, 6.45) is 5.58. The fourth-order valence-electron chi connectivity index (χ4n) is 2.76. The van der Waals surface area contributed by atoms with Gasteiger partial charge in [-0.05, 0) is 45.4 Å². The SMILES string of the molecule is Cc1nccn1-c1ccc([C@@H](C)NCc2nncn2C(C)C)cc1. The molecule has 0 aliphatic carbocycles. The molecular formula is C18H24N6. The Balaban J connectivity index is 1.66. The molecule has 1 N–H and O–H groups in total. The number of nitrogens with one attached hydrogen (secondary N) is 1. The van der Waals surface area contributed by atoms with Crippen LogP contribution in [0.5, 0.6) is 0 Å². The van der Waals surface area contributed by atoms with E-state index in [4.69, 9.17) is 0 Å². The second kappa shape index (κ2) is 6.97. The van der Waals surface area contributed by atoms with Gasteiger partial charge in [0, 0.05) is 30.2 Å². The first-order valence-electron chi connectivity index (χ1n) is 8.28. The first kappa shape index (κ1) is 16.4. The summed E-state index contributed by atoms with van der Waals surface area (Å²) < 4.78 is 4.16. The minimum Gasteiger partial charge on any atom is -0.314 e. The van der Waals surface area contributed by atoms with Crippen LogP contribution >= 0.6 is 0 Å². The average Bonchev–Trinajstić information content (AvgIpc) is 3.21. The van der Waals surface area contributed by atoms with E-state index in [9.17, 15) is 0 Å². The van der Waals surface area contributed by atoms with Crippen molar-refractivity contribution in [2.75, 3.05) is 0 Å². The molecule has 0 unspecified atom stereocenters. The summed E-state index contributed by atoms with van der Waals surface area (Å²) in [6.45, 7) is 9.12. The standard InChI is InChI=1S/C18H24N6/c1-13(2)24-12-21-22-18(24)11-20-14(3)16-5-7-17(8-6-16)23-10-9-19-15(23)4/h5-10,12-14,20H,11H2,1-4H3/t14-/m1/s1. The van der Waals surface area contributed by atoms with Gasteiger partial charge in [-0.2, -0.15) is 0 Å². The van der Waals surface area contributed by atoms with Crippen molar-refractivity contribution in [1.82, 2.24) is 29.6 Å². The topological polar surface area (TPSA) is 60.6 Å². The van der Waals surface area contributed by atoms with E-state index in [0.29, 0.717) is 12.6 Å². The first-order valence-corrected chi connectivity index (χ1v) is 8.28. The van der Waals surface area contributed by atoms with E-state index in [-0.39, 0.29) is 6.04 Å². The molecule has 0 saturated carbocycles. The lowest BCUT2D eigenvalue weighted by molar-refractivity contribution is 0.509. The van der Waals surface area contributed by atoms with Crippen molar-refractivity contribution in [3.05, 3.63) is 60.2 Å². The van der Waals surface area contributed by atoms with Crippen LogP contribution in [0.3, 0.4) is 0 Å². The summed E-state index contributed by atoms with van der Waals surface area (Å²) in [5.74, 6) is 1.95. The Labute approximate surface area is 142 Å². The van der Waals surface area contributed by atoms with Crippen molar-refractivity contribution < 1.29 is 0 Å². The molecule has 0 spiro atoms. The lowest BCUT2D eigenvalue weighted by atomic mass is 10.1. The lowest BCUT2D eigenvalue weighted by Gasteiger charge is -2.16. The average molecular weight is 324 g/mol. The number of imidazole rings is 1. The van der Waals surface area contributed by atoms with E-state index in [1.807, 2.05) is 19.3 Å². The van der Waals surface area contributed by atoms with Crippen LogP contribution in [0.1, 0.15) is 50.1 Å². The van der Waals surface area contributed by atoms with Gasteiger partial charge in [-0.1, -0.05) is 12.1 Å². The molecule has 0 fully saturated rings. The monoisotopic (exact) mass is 324 g/mol. The summed E-state index contributed by atoms with van der Waals surface area (Å²) in [5, 5.41) is 11.7. The molecule has 0 aliphatic rings. The van der Waals surface area contributed by atoms with Crippen LogP contribution in [0, 0.1) is 6.92 Å². The molecule has 2 heterocycles. The van der Waals surface area contributed by atoms with Gasteiger partial charge in [-0.3, -0.25) is 0 Å². The van der Waals surface area contributed by atoms with E-state index in [1.54, 1.807) is 6.33 Å². The second-order valence-electron chi connectivity index (χ2n) is 6.29. The maximum Gasteiger partial charge on any atom is 0.147 e. The largest absolute Gasteiger partial charge is 0.314 e. The summed E-state index contributed by atoms with van der Waals surface area (Å²) >= 11 is 0. The fraction of sp³-hybridized carbons (Fsp3) is 0.389. The summed E-state index contributed by atoms with van der Waals surface area (Å²) in [5.41, 5.74) is 2.37. The van der Waals surface area contributed by atoms with Crippen LogP contribution in [0.15, 0.2) is 43.0 Å². The zero-order chi connectivity index (χ0) is 17.1. The van der Waals surface area contributed by atoms with Gasteiger partial charge in [0.2, 0.25) is 0 Å². The van der Waals surface area contributed by atoms with Crippen molar-refractivity contribution in [3.63, 3.8) is 0 Å². The van der Waals surface area contributed by atoms with Gasteiger partial charge in [-0.15, -0.1) is 10.2 Å². The van der Waals surface area contributed by atoms with Gasteiger partial charge in [-0.25, -0.2) is 4.98 Å². The number of nitrogens with zero attached hydrogens (tertiary/aromatic N) is 5. The maximum absolute atomic E-state index is 4.27. The minimum absolute atomic E-state index is 0.236. The van der Waals surface area contributed by atoms with Crippen LogP contribution in [0.2, 0.25) is 0 Å². The molecule has 126 valence electrons. The van der Waals surface area contributed by atoms with Gasteiger partial charge in [0.15, 0.2) is 0 Å². The molecule has 6 nitrogen and oxygen atoms in total. The van der Waals surface area contributed by atoms with E-state index < -0.39 is 0 Å². The molecule has 0 bridgehead atoms. The lowest BCUT2D eigenvalue weighted by Crippen LogP contribution is -2.21. The number of aromatic nitrogens is 5. The smallest absolute Gasteiger partial charge is 0.147 e. The van der Waals surface area contributed by atoms with Gasteiger partial charge in [0.05, 0.1) is 6.54 Å². The molecule has 0 amide bonds. The molecule has 0 saturated heterocycles. The van der Waals surface area contributed by atoms with E-state index in [0.717, 1.165) is 17.3 Å². The molecule has 0 radical (unpaired) electrons. The highest BCUT2D eigenvalue weighted by Crippen LogP contribution is 2.17. The van der Waals surface area contributed by atoms with Crippen LogP contribution in [0.25, 0.3) is 5.69 Å². The van der Waals surface area contributed by atoms with Gasteiger partial charge in [0.25, 0.3) is 0 Å². The Morgan fingerprint density at radius 1 is 1.12 bits per heavy atom. The van der Waals surface area contributed by atoms with Crippen molar-refractivity contribution >= 4 is 0 Å². The van der Waals surface area contributed by atoms with Crippen LogP contribution in [0.4, 0.5) is 0 Å². The van der Waals surface area contributed by atoms with Gasteiger partial charge in [0.1, 0.15) is 18.0 Å². The Hall–Kier alpha value is -2.47. The Morgan fingerprint density at radius 3 is 2.50 bits per heavy atom. The van der Waals surface area contributed by atoms with Crippen molar-refractivity contribution in [2.45, 2.75) is 46.3 Å². The third-order valence-corrected chi connectivity index (χ3v) is 4.27. The summed E-state index contributed by atoms with van der Waals surface area (Å²) in [7, 11) is 0. The van der Waals surface area contributed by atoms with Gasteiger partial charge < -0.3 is 14.5 Å². The second-order valence-corrected chi connectivity index (χ2v) is 6.29.